The molecule has 0 unspecified atom stereocenters. The predicted molar refractivity (Wildman–Crippen MR) is 125 cm³/mol. The molecule has 0 atom stereocenters. The van der Waals surface area contributed by atoms with E-state index in [-0.39, 0.29) is 11.7 Å². The smallest absolute Gasteiger partial charge is 0.236 e. The van der Waals surface area contributed by atoms with Gasteiger partial charge in [-0.1, -0.05) is 71.6 Å². The SMILES string of the molecule is Cc1ccc(C2=CSC(NC(=O)CSc3nnc4c(n3)[nH]c3ccccc34)=NN2)cc1. The molecule has 5 rings (SSSR count). The lowest BCUT2D eigenvalue weighted by Gasteiger charge is -2.14. The second kappa shape index (κ2) is 8.40. The lowest BCUT2D eigenvalue weighted by Crippen LogP contribution is -2.32. The van der Waals surface area contributed by atoms with Crippen molar-refractivity contribution in [3.63, 3.8) is 0 Å². The zero-order chi connectivity index (χ0) is 21.2. The average molecular weight is 448 g/mol. The predicted octanol–water partition coefficient (Wildman–Crippen LogP) is 3.63. The second-order valence-corrected chi connectivity index (χ2v) is 8.64. The van der Waals surface area contributed by atoms with Crippen molar-refractivity contribution in [3.05, 3.63) is 65.1 Å². The van der Waals surface area contributed by atoms with Gasteiger partial charge in [-0.15, -0.1) is 15.3 Å². The van der Waals surface area contributed by atoms with Crippen LogP contribution in [-0.4, -0.2) is 37.0 Å². The normalized spacial score (nSPS) is 13.6. The molecule has 154 valence electrons. The van der Waals surface area contributed by atoms with Crippen molar-refractivity contribution in [2.75, 3.05) is 5.75 Å². The average Bonchev–Trinajstić information content (AvgIpc) is 3.17. The molecule has 3 N–H and O–H groups in total. The molecular formula is C21H17N7OS2. The van der Waals surface area contributed by atoms with Crippen molar-refractivity contribution >= 4 is 62.4 Å². The van der Waals surface area contributed by atoms with Crippen LogP contribution in [0.4, 0.5) is 0 Å². The Labute approximate surface area is 186 Å². The van der Waals surface area contributed by atoms with E-state index in [0.29, 0.717) is 16.0 Å². The summed E-state index contributed by atoms with van der Waals surface area (Å²) in [5.74, 6) is -0.0350. The molecule has 0 radical (unpaired) electrons. The molecule has 0 fully saturated rings. The lowest BCUT2D eigenvalue weighted by molar-refractivity contribution is -0.117. The van der Waals surface area contributed by atoms with Crippen LogP contribution in [0.5, 0.6) is 0 Å². The van der Waals surface area contributed by atoms with Gasteiger partial charge >= 0.3 is 0 Å². The molecule has 3 heterocycles. The molecule has 10 heteroatoms. The van der Waals surface area contributed by atoms with Crippen LogP contribution in [-0.2, 0) is 4.79 Å². The number of nitrogens with zero attached hydrogens (tertiary/aromatic N) is 4. The fraction of sp³-hybridized carbons (Fsp3) is 0.0952. The minimum Gasteiger partial charge on any atom is -0.338 e. The van der Waals surface area contributed by atoms with Crippen molar-refractivity contribution in [1.29, 1.82) is 0 Å². The maximum absolute atomic E-state index is 12.3. The number of H-pyrrole nitrogens is 1. The fourth-order valence-corrected chi connectivity index (χ4v) is 4.33. The van der Waals surface area contributed by atoms with E-state index in [2.05, 4.69) is 36.0 Å². The van der Waals surface area contributed by atoms with E-state index in [9.17, 15) is 4.79 Å². The highest BCUT2D eigenvalue weighted by atomic mass is 32.2. The van der Waals surface area contributed by atoms with Gasteiger partial charge in [-0.25, -0.2) is 4.98 Å². The number of carbonyl (C=O) groups excluding carboxylic acids is 1. The second-order valence-electron chi connectivity index (χ2n) is 6.84. The first-order valence-electron chi connectivity index (χ1n) is 9.47. The maximum atomic E-state index is 12.3. The number of aromatic amines is 1. The van der Waals surface area contributed by atoms with Gasteiger partial charge in [0, 0.05) is 21.9 Å². The van der Waals surface area contributed by atoms with E-state index in [0.717, 1.165) is 27.7 Å². The topological polar surface area (TPSA) is 108 Å². The van der Waals surface area contributed by atoms with Crippen molar-refractivity contribution in [3.8, 4) is 0 Å². The number of para-hydroxylation sites is 1. The Morgan fingerprint density at radius 3 is 2.77 bits per heavy atom. The minimum absolute atomic E-state index is 0.154. The van der Waals surface area contributed by atoms with Crippen molar-refractivity contribution < 1.29 is 4.79 Å². The van der Waals surface area contributed by atoms with E-state index >= 15 is 0 Å². The minimum atomic E-state index is -0.189. The van der Waals surface area contributed by atoms with Crippen LogP contribution in [0, 0.1) is 6.92 Å². The van der Waals surface area contributed by atoms with Crippen LogP contribution in [0.1, 0.15) is 11.1 Å². The first kappa shape index (κ1) is 19.6. The number of benzene rings is 2. The number of hydrazone groups is 1. The Balaban J connectivity index is 1.18. The number of carbonyl (C=O) groups is 1. The van der Waals surface area contributed by atoms with Gasteiger partial charge in [0.2, 0.25) is 11.1 Å². The molecule has 1 aliphatic heterocycles. The van der Waals surface area contributed by atoms with Gasteiger partial charge in [0.1, 0.15) is 5.52 Å². The summed E-state index contributed by atoms with van der Waals surface area (Å²) in [5, 5.41) is 19.3. The monoisotopic (exact) mass is 447 g/mol. The number of rotatable bonds is 4. The number of nitrogens with one attached hydrogen (secondary N) is 3. The number of amides is 1. The van der Waals surface area contributed by atoms with Crippen LogP contribution in [0.25, 0.3) is 27.8 Å². The number of amidine groups is 1. The third kappa shape index (κ3) is 4.25. The van der Waals surface area contributed by atoms with Crippen LogP contribution in [0.2, 0.25) is 0 Å². The summed E-state index contributed by atoms with van der Waals surface area (Å²) in [6, 6.07) is 16.0. The van der Waals surface area contributed by atoms with Gasteiger partial charge < -0.3 is 10.3 Å². The Kier molecular flexibility index (Phi) is 5.31. The van der Waals surface area contributed by atoms with E-state index in [1.807, 2.05) is 60.9 Å². The molecule has 0 aliphatic carbocycles. The largest absolute Gasteiger partial charge is 0.338 e. The van der Waals surface area contributed by atoms with Crippen molar-refractivity contribution in [1.82, 2.24) is 30.9 Å². The van der Waals surface area contributed by atoms with Gasteiger partial charge in [0.15, 0.2) is 10.8 Å². The van der Waals surface area contributed by atoms with E-state index in [4.69, 9.17) is 0 Å². The molecule has 1 amide bonds. The molecule has 2 aromatic heterocycles. The molecule has 0 saturated carbocycles. The highest BCUT2D eigenvalue weighted by Crippen LogP contribution is 2.24. The molecule has 8 nitrogen and oxygen atoms in total. The highest BCUT2D eigenvalue weighted by Gasteiger charge is 2.14. The molecule has 1 aliphatic rings. The van der Waals surface area contributed by atoms with Crippen LogP contribution >= 0.6 is 23.5 Å². The number of thioether (sulfide) groups is 2. The Morgan fingerprint density at radius 2 is 1.97 bits per heavy atom. The summed E-state index contributed by atoms with van der Waals surface area (Å²) in [6.45, 7) is 2.05. The maximum Gasteiger partial charge on any atom is 0.236 e. The molecule has 0 saturated heterocycles. The Morgan fingerprint density at radius 1 is 1.13 bits per heavy atom. The van der Waals surface area contributed by atoms with Crippen LogP contribution in [0.3, 0.4) is 0 Å². The fourth-order valence-electron chi connectivity index (χ4n) is 3.05. The lowest BCUT2D eigenvalue weighted by atomic mass is 10.1. The van der Waals surface area contributed by atoms with Gasteiger partial charge in [-0.2, -0.15) is 0 Å². The summed E-state index contributed by atoms with van der Waals surface area (Å²) in [6.07, 6.45) is 0. The van der Waals surface area contributed by atoms with Gasteiger partial charge in [0.05, 0.1) is 11.4 Å². The zero-order valence-corrected chi connectivity index (χ0v) is 18.0. The third-order valence-electron chi connectivity index (χ3n) is 4.61. The molecule has 0 bridgehead atoms. The van der Waals surface area contributed by atoms with E-state index < -0.39 is 0 Å². The van der Waals surface area contributed by atoms with E-state index in [1.165, 1.54) is 29.1 Å². The Bertz CT molecular complexity index is 1350. The van der Waals surface area contributed by atoms with Gasteiger partial charge in [-0.05, 0) is 13.0 Å². The summed E-state index contributed by atoms with van der Waals surface area (Å²) in [4.78, 5) is 20.0. The Hall–Kier alpha value is -3.37. The van der Waals surface area contributed by atoms with Gasteiger partial charge in [-0.3, -0.25) is 10.2 Å². The van der Waals surface area contributed by atoms with Crippen LogP contribution in [0.15, 0.2) is 64.2 Å². The number of aromatic nitrogens is 4. The first-order valence-corrected chi connectivity index (χ1v) is 11.3. The summed E-state index contributed by atoms with van der Waals surface area (Å²) < 4.78 is 0. The van der Waals surface area contributed by atoms with Crippen LogP contribution < -0.4 is 10.7 Å². The highest BCUT2D eigenvalue weighted by molar-refractivity contribution is 8.16. The quantitative estimate of drug-likeness (QED) is 0.410. The summed E-state index contributed by atoms with van der Waals surface area (Å²) in [5.41, 5.74) is 8.45. The number of hydrogen-bond acceptors (Lipinski definition) is 8. The molecular weight excluding hydrogens is 430 g/mol. The molecule has 31 heavy (non-hydrogen) atoms. The van der Waals surface area contributed by atoms with Crippen molar-refractivity contribution in [2.45, 2.75) is 12.1 Å². The first-order chi connectivity index (χ1) is 15.2. The van der Waals surface area contributed by atoms with Crippen molar-refractivity contribution in [2.24, 2.45) is 5.10 Å². The summed E-state index contributed by atoms with van der Waals surface area (Å²) >= 11 is 2.58. The summed E-state index contributed by atoms with van der Waals surface area (Å²) in [7, 11) is 0. The van der Waals surface area contributed by atoms with E-state index in [1.54, 1.807) is 0 Å². The third-order valence-corrected chi connectivity index (χ3v) is 6.22. The van der Waals surface area contributed by atoms with Gasteiger partial charge in [0.25, 0.3) is 0 Å². The number of fused-ring (bicyclic) bond motifs is 3. The number of aryl methyl sites for hydroxylation is 1. The standard InChI is InChI=1S/C21H17N7OS2/c1-12-6-8-13(9-7-12)16-10-30-20(27-25-16)23-17(29)11-31-21-24-19-18(26-28-21)14-4-2-3-5-15(14)22-19/h2-10,25H,11H2,1H3,(H,22,24,28)(H,23,27,29). The molecule has 2 aromatic carbocycles. The zero-order valence-electron chi connectivity index (χ0n) is 16.4. The number of hydrogen-bond donors (Lipinski definition) is 3. The molecule has 0 spiro atoms. The molecule has 4 aromatic rings.